The van der Waals surface area contributed by atoms with Gasteiger partial charge in [-0.25, -0.2) is 0 Å². The van der Waals surface area contributed by atoms with Gasteiger partial charge in [-0.15, -0.1) is 0 Å². The molecule has 1 aromatic carbocycles. The standard InChI is InChI=1S/C16H15ClN2O/c1-11-8-13(20-2)9-12(18-11)10-19-7-6-14-15(17)4-3-5-16(14)19/h3-9H,10H2,1-2H3. The van der Waals surface area contributed by atoms with Crippen LogP contribution in [0.15, 0.2) is 42.6 Å². The Morgan fingerprint density at radius 3 is 2.90 bits per heavy atom. The lowest BCUT2D eigenvalue weighted by atomic mass is 10.2. The summed E-state index contributed by atoms with van der Waals surface area (Å²) in [6, 6.07) is 11.9. The van der Waals surface area contributed by atoms with Crippen LogP contribution in [-0.4, -0.2) is 16.7 Å². The molecule has 3 rings (SSSR count). The van der Waals surface area contributed by atoms with Crippen LogP contribution in [0.3, 0.4) is 0 Å². The van der Waals surface area contributed by atoms with Crippen molar-refractivity contribution in [2.24, 2.45) is 0 Å². The molecule has 0 aliphatic heterocycles. The van der Waals surface area contributed by atoms with Gasteiger partial charge in [-0.2, -0.15) is 0 Å². The molecule has 0 bridgehead atoms. The van der Waals surface area contributed by atoms with E-state index in [2.05, 4.69) is 15.6 Å². The summed E-state index contributed by atoms with van der Waals surface area (Å²) in [5.74, 6) is 0.835. The first-order valence-corrected chi connectivity index (χ1v) is 6.80. The molecule has 0 N–H and O–H groups in total. The van der Waals surface area contributed by atoms with Gasteiger partial charge in [-0.1, -0.05) is 17.7 Å². The Morgan fingerprint density at radius 2 is 2.10 bits per heavy atom. The quantitative estimate of drug-likeness (QED) is 0.726. The van der Waals surface area contributed by atoms with Crippen LogP contribution < -0.4 is 4.74 Å². The Balaban J connectivity index is 2.01. The third kappa shape index (κ3) is 2.37. The molecule has 0 unspecified atom stereocenters. The predicted octanol–water partition coefficient (Wildman–Crippen LogP) is 4.06. The Kier molecular flexibility index (Phi) is 3.36. The molecular formula is C16H15ClN2O. The predicted molar refractivity (Wildman–Crippen MR) is 81.6 cm³/mol. The Morgan fingerprint density at radius 1 is 1.25 bits per heavy atom. The fourth-order valence-electron chi connectivity index (χ4n) is 2.40. The van der Waals surface area contributed by atoms with E-state index >= 15 is 0 Å². The molecule has 4 heteroatoms. The molecule has 20 heavy (non-hydrogen) atoms. The first kappa shape index (κ1) is 13.0. The van der Waals surface area contributed by atoms with Gasteiger partial charge >= 0.3 is 0 Å². The van der Waals surface area contributed by atoms with Crippen LogP contribution in [0.4, 0.5) is 0 Å². The smallest absolute Gasteiger partial charge is 0.122 e. The molecular weight excluding hydrogens is 272 g/mol. The van der Waals surface area contributed by atoms with Crippen molar-refractivity contribution >= 4 is 22.5 Å². The molecule has 3 aromatic rings. The number of aromatic nitrogens is 2. The monoisotopic (exact) mass is 286 g/mol. The summed E-state index contributed by atoms with van der Waals surface area (Å²) in [4.78, 5) is 4.55. The number of fused-ring (bicyclic) bond motifs is 1. The van der Waals surface area contributed by atoms with Crippen LogP contribution in [0.25, 0.3) is 10.9 Å². The number of nitrogens with zero attached hydrogens (tertiary/aromatic N) is 2. The van der Waals surface area contributed by atoms with Gasteiger partial charge in [-0.05, 0) is 25.1 Å². The first-order chi connectivity index (χ1) is 9.67. The Labute approximate surface area is 122 Å². The molecule has 102 valence electrons. The number of rotatable bonds is 3. The molecule has 0 spiro atoms. The third-order valence-corrected chi connectivity index (χ3v) is 3.64. The maximum Gasteiger partial charge on any atom is 0.122 e. The third-order valence-electron chi connectivity index (χ3n) is 3.31. The molecule has 0 atom stereocenters. The maximum atomic E-state index is 6.20. The fourth-order valence-corrected chi connectivity index (χ4v) is 2.63. The Bertz CT molecular complexity index is 764. The zero-order valence-corrected chi connectivity index (χ0v) is 12.2. The van der Waals surface area contributed by atoms with Crippen molar-refractivity contribution in [1.29, 1.82) is 0 Å². The molecule has 0 aliphatic rings. The number of ether oxygens (including phenoxy) is 1. The van der Waals surface area contributed by atoms with Gasteiger partial charge in [-0.3, -0.25) is 4.98 Å². The minimum Gasteiger partial charge on any atom is -0.497 e. The summed E-state index contributed by atoms with van der Waals surface area (Å²) in [6.07, 6.45) is 2.03. The van der Waals surface area contributed by atoms with E-state index in [0.717, 1.165) is 33.1 Å². The van der Waals surface area contributed by atoms with Gasteiger partial charge < -0.3 is 9.30 Å². The van der Waals surface area contributed by atoms with Crippen LogP contribution in [0.2, 0.25) is 5.02 Å². The van der Waals surface area contributed by atoms with E-state index in [1.54, 1.807) is 7.11 Å². The summed E-state index contributed by atoms with van der Waals surface area (Å²) < 4.78 is 7.43. The lowest BCUT2D eigenvalue weighted by Crippen LogP contribution is -2.02. The average molecular weight is 287 g/mol. The van der Waals surface area contributed by atoms with E-state index in [1.165, 1.54) is 0 Å². The van der Waals surface area contributed by atoms with E-state index in [4.69, 9.17) is 16.3 Å². The largest absolute Gasteiger partial charge is 0.497 e. The van der Waals surface area contributed by atoms with Crippen molar-refractivity contribution in [2.75, 3.05) is 7.11 Å². The minimum atomic E-state index is 0.696. The van der Waals surface area contributed by atoms with Crippen LogP contribution in [-0.2, 0) is 6.54 Å². The van der Waals surface area contributed by atoms with Crippen LogP contribution in [0, 0.1) is 6.92 Å². The number of hydrogen-bond donors (Lipinski definition) is 0. The van der Waals surface area contributed by atoms with E-state index in [9.17, 15) is 0 Å². The van der Waals surface area contributed by atoms with Gasteiger partial charge in [0.2, 0.25) is 0 Å². The van der Waals surface area contributed by atoms with Gasteiger partial charge in [0.1, 0.15) is 5.75 Å². The minimum absolute atomic E-state index is 0.696. The van der Waals surface area contributed by atoms with Crippen molar-refractivity contribution in [1.82, 2.24) is 9.55 Å². The van der Waals surface area contributed by atoms with Crippen molar-refractivity contribution in [2.45, 2.75) is 13.5 Å². The van der Waals surface area contributed by atoms with E-state index in [0.29, 0.717) is 6.54 Å². The molecule has 0 saturated heterocycles. The molecule has 2 heterocycles. The van der Waals surface area contributed by atoms with Gasteiger partial charge in [0.05, 0.1) is 19.3 Å². The lowest BCUT2D eigenvalue weighted by Gasteiger charge is -2.08. The lowest BCUT2D eigenvalue weighted by molar-refractivity contribution is 0.413. The summed E-state index contributed by atoms with van der Waals surface area (Å²) in [6.45, 7) is 2.67. The zero-order chi connectivity index (χ0) is 14.1. The van der Waals surface area contributed by atoms with Crippen molar-refractivity contribution in [3.63, 3.8) is 0 Å². The SMILES string of the molecule is COc1cc(C)nc(Cn2ccc3c(Cl)cccc32)c1. The molecule has 3 nitrogen and oxygen atoms in total. The van der Waals surface area contributed by atoms with E-state index in [-0.39, 0.29) is 0 Å². The number of hydrogen-bond acceptors (Lipinski definition) is 2. The topological polar surface area (TPSA) is 27.1 Å². The number of pyridine rings is 1. The van der Waals surface area contributed by atoms with Crippen molar-refractivity contribution < 1.29 is 4.74 Å². The van der Waals surface area contributed by atoms with Gasteiger partial charge in [0.15, 0.2) is 0 Å². The number of halogens is 1. The first-order valence-electron chi connectivity index (χ1n) is 6.42. The van der Waals surface area contributed by atoms with Crippen molar-refractivity contribution in [3.05, 3.63) is 59.0 Å². The molecule has 2 aromatic heterocycles. The highest BCUT2D eigenvalue weighted by Gasteiger charge is 2.06. The molecule has 0 aliphatic carbocycles. The van der Waals surface area contributed by atoms with Crippen LogP contribution in [0.5, 0.6) is 5.75 Å². The van der Waals surface area contributed by atoms with Gasteiger partial charge in [0.25, 0.3) is 0 Å². The highest BCUT2D eigenvalue weighted by molar-refractivity contribution is 6.35. The number of benzene rings is 1. The summed E-state index contributed by atoms with van der Waals surface area (Å²) in [5, 5.41) is 1.84. The van der Waals surface area contributed by atoms with E-state index < -0.39 is 0 Å². The average Bonchev–Trinajstić information content (AvgIpc) is 2.83. The molecule has 0 radical (unpaired) electrons. The maximum absolute atomic E-state index is 6.20. The summed E-state index contributed by atoms with van der Waals surface area (Å²) in [5.41, 5.74) is 3.04. The highest BCUT2D eigenvalue weighted by atomic mass is 35.5. The molecule has 0 amide bonds. The molecule has 0 fully saturated rings. The van der Waals surface area contributed by atoms with Crippen molar-refractivity contribution in [3.8, 4) is 5.75 Å². The fraction of sp³-hybridized carbons (Fsp3) is 0.188. The second kappa shape index (κ2) is 5.17. The second-order valence-electron chi connectivity index (χ2n) is 4.76. The van der Waals surface area contributed by atoms with Gasteiger partial charge in [0, 0.05) is 39.9 Å². The molecule has 0 saturated carbocycles. The zero-order valence-electron chi connectivity index (χ0n) is 11.4. The highest BCUT2D eigenvalue weighted by Crippen LogP contribution is 2.25. The second-order valence-corrected chi connectivity index (χ2v) is 5.16. The summed E-state index contributed by atoms with van der Waals surface area (Å²) in [7, 11) is 1.67. The van der Waals surface area contributed by atoms with Crippen LogP contribution >= 0.6 is 11.6 Å². The van der Waals surface area contributed by atoms with E-state index in [1.807, 2.05) is 43.5 Å². The normalized spacial score (nSPS) is 10.9. The number of methoxy groups -OCH3 is 1. The Hall–Kier alpha value is -2.00. The number of aryl methyl sites for hydroxylation is 1. The summed E-state index contributed by atoms with van der Waals surface area (Å²) >= 11 is 6.20. The van der Waals surface area contributed by atoms with Crippen LogP contribution in [0.1, 0.15) is 11.4 Å².